The molecule has 0 N–H and O–H groups in total. The Morgan fingerprint density at radius 3 is 1.92 bits per heavy atom. The highest BCUT2D eigenvalue weighted by molar-refractivity contribution is 6.14. The van der Waals surface area contributed by atoms with Crippen molar-refractivity contribution in [1.29, 1.82) is 0 Å². The van der Waals surface area contributed by atoms with Crippen LogP contribution >= 0.6 is 0 Å². The van der Waals surface area contributed by atoms with Gasteiger partial charge in [-0.3, -0.25) is 9.55 Å². The molecule has 10 rings (SSSR count). The molecular weight excluding hydrogens is 623 g/mol. The molecule has 0 saturated carbocycles. The van der Waals surface area contributed by atoms with Crippen LogP contribution in [0.25, 0.3) is 94.2 Å². The van der Waals surface area contributed by atoms with E-state index in [1.54, 1.807) is 0 Å². The van der Waals surface area contributed by atoms with Crippen molar-refractivity contribution >= 4 is 43.5 Å². The number of aromatic nitrogens is 5. The molecule has 0 aliphatic carbocycles. The maximum atomic E-state index is 5.21. The van der Waals surface area contributed by atoms with Crippen LogP contribution in [-0.4, -0.2) is 24.5 Å². The maximum absolute atomic E-state index is 5.21. The molecule has 0 aliphatic rings. The van der Waals surface area contributed by atoms with E-state index >= 15 is 0 Å². The molecule has 5 aromatic heterocycles. The van der Waals surface area contributed by atoms with Crippen LogP contribution in [0.2, 0.25) is 0 Å². The van der Waals surface area contributed by atoms with E-state index in [-0.39, 0.29) is 0 Å². The summed E-state index contributed by atoms with van der Waals surface area (Å²) in [6.07, 6.45) is 5.68. The van der Waals surface area contributed by atoms with Crippen molar-refractivity contribution < 1.29 is 0 Å². The first-order valence-electron chi connectivity index (χ1n) is 17.0. The third kappa shape index (κ3) is 4.94. The van der Waals surface area contributed by atoms with Crippen molar-refractivity contribution in [2.75, 3.05) is 0 Å². The first-order chi connectivity index (χ1) is 25.3. The Kier molecular flexibility index (Phi) is 6.74. The molecule has 0 aliphatic heterocycles. The molecule has 0 unspecified atom stereocenters. The van der Waals surface area contributed by atoms with E-state index in [1.165, 1.54) is 21.5 Å². The molecule has 0 radical (unpaired) electrons. The van der Waals surface area contributed by atoms with Gasteiger partial charge in [-0.15, -0.1) is 0 Å². The molecule has 0 spiro atoms. The molecule has 0 atom stereocenters. The highest BCUT2D eigenvalue weighted by atomic mass is 15.1. The topological polar surface area (TPSA) is 56.5 Å². The SMILES string of the molecule is c1ccc(-c2ccc(-c3cc(-c4cc5ccccc5c5ccccc45)cc(-c4ccc(-n5c6ccccc6c6cccnc65)nc4)n3)nc2)cc1. The van der Waals surface area contributed by atoms with Crippen LogP contribution < -0.4 is 0 Å². The van der Waals surface area contributed by atoms with Gasteiger partial charge in [0.25, 0.3) is 0 Å². The van der Waals surface area contributed by atoms with E-state index in [9.17, 15) is 0 Å². The Morgan fingerprint density at radius 2 is 1.10 bits per heavy atom. The number of fused-ring (bicyclic) bond motifs is 6. The fourth-order valence-electron chi connectivity index (χ4n) is 7.30. The summed E-state index contributed by atoms with van der Waals surface area (Å²) in [6, 6.07) is 55.0. The average Bonchev–Trinajstić information content (AvgIpc) is 3.55. The van der Waals surface area contributed by atoms with Gasteiger partial charge in [0.05, 0.1) is 22.6 Å². The molecule has 0 amide bonds. The average molecular weight is 652 g/mol. The maximum Gasteiger partial charge on any atom is 0.146 e. The van der Waals surface area contributed by atoms with E-state index in [2.05, 4.69) is 138 Å². The van der Waals surface area contributed by atoms with E-state index in [0.29, 0.717) is 0 Å². The van der Waals surface area contributed by atoms with Crippen LogP contribution in [0.3, 0.4) is 0 Å². The number of benzene rings is 5. The zero-order chi connectivity index (χ0) is 33.7. The Morgan fingerprint density at radius 1 is 0.392 bits per heavy atom. The zero-order valence-electron chi connectivity index (χ0n) is 27.5. The van der Waals surface area contributed by atoms with Crippen molar-refractivity contribution in [1.82, 2.24) is 24.5 Å². The van der Waals surface area contributed by atoms with Crippen molar-refractivity contribution in [3.8, 4) is 50.7 Å². The van der Waals surface area contributed by atoms with Gasteiger partial charge in [-0.1, -0.05) is 103 Å². The van der Waals surface area contributed by atoms with Crippen LogP contribution in [-0.2, 0) is 0 Å². The third-order valence-corrected chi connectivity index (χ3v) is 9.74. The van der Waals surface area contributed by atoms with Gasteiger partial charge in [0.15, 0.2) is 0 Å². The molecule has 5 nitrogen and oxygen atoms in total. The fraction of sp³-hybridized carbons (Fsp3) is 0. The molecule has 0 fully saturated rings. The second-order valence-corrected chi connectivity index (χ2v) is 12.7. The van der Waals surface area contributed by atoms with Crippen LogP contribution in [0.4, 0.5) is 0 Å². The number of pyridine rings is 4. The molecule has 51 heavy (non-hydrogen) atoms. The lowest BCUT2D eigenvalue weighted by atomic mass is 9.92. The van der Waals surface area contributed by atoms with Crippen molar-refractivity contribution in [3.63, 3.8) is 0 Å². The normalized spacial score (nSPS) is 11.5. The van der Waals surface area contributed by atoms with Crippen molar-refractivity contribution in [2.24, 2.45) is 0 Å². The zero-order valence-corrected chi connectivity index (χ0v) is 27.5. The molecule has 238 valence electrons. The van der Waals surface area contributed by atoms with Gasteiger partial charge < -0.3 is 0 Å². The van der Waals surface area contributed by atoms with Gasteiger partial charge in [-0.2, -0.15) is 0 Å². The monoisotopic (exact) mass is 651 g/mol. The first kappa shape index (κ1) is 29.0. The number of para-hydroxylation sites is 1. The highest BCUT2D eigenvalue weighted by Gasteiger charge is 2.16. The molecule has 5 heterocycles. The summed E-state index contributed by atoms with van der Waals surface area (Å²) in [5, 5.41) is 7.11. The molecule has 0 saturated heterocycles. The molecule has 5 aromatic carbocycles. The van der Waals surface area contributed by atoms with Gasteiger partial charge >= 0.3 is 0 Å². The molecule has 0 bridgehead atoms. The van der Waals surface area contributed by atoms with Gasteiger partial charge in [0.1, 0.15) is 11.5 Å². The minimum absolute atomic E-state index is 0.801. The van der Waals surface area contributed by atoms with Crippen LogP contribution in [0, 0.1) is 0 Å². The predicted molar refractivity (Wildman–Crippen MR) is 209 cm³/mol. The van der Waals surface area contributed by atoms with Crippen LogP contribution in [0.15, 0.2) is 176 Å². The van der Waals surface area contributed by atoms with Crippen molar-refractivity contribution in [3.05, 3.63) is 176 Å². The Balaban J connectivity index is 1.14. The lowest BCUT2D eigenvalue weighted by Crippen LogP contribution is -1.99. The van der Waals surface area contributed by atoms with E-state index < -0.39 is 0 Å². The predicted octanol–water partition coefficient (Wildman–Crippen LogP) is 11.3. The standard InChI is InChI=1S/C46H29N5/c1-2-11-30(12-3-1)32-20-22-41(48-28-32)43-27-34(40-25-31-13-4-5-14-35(31)36-15-6-7-16-37(36)40)26-42(50-43)33-21-23-45(49-29-33)51-44-19-9-8-17-38(44)39-18-10-24-47-46(39)51/h1-29H. The van der Waals surface area contributed by atoms with Gasteiger partial charge in [0, 0.05) is 40.5 Å². The minimum atomic E-state index is 0.801. The first-order valence-corrected chi connectivity index (χ1v) is 17.0. The highest BCUT2D eigenvalue weighted by Crippen LogP contribution is 2.38. The summed E-state index contributed by atoms with van der Waals surface area (Å²) >= 11 is 0. The van der Waals surface area contributed by atoms with Crippen LogP contribution in [0.5, 0.6) is 0 Å². The third-order valence-electron chi connectivity index (χ3n) is 9.74. The second kappa shape index (κ2) is 11.9. The van der Waals surface area contributed by atoms with E-state index in [1.807, 2.05) is 42.9 Å². The summed E-state index contributed by atoms with van der Waals surface area (Å²) in [5.41, 5.74) is 9.73. The largest absolute Gasteiger partial charge is 0.278 e. The Bertz CT molecular complexity index is 2840. The fourth-order valence-corrected chi connectivity index (χ4v) is 7.30. The van der Waals surface area contributed by atoms with E-state index in [4.69, 9.17) is 19.9 Å². The second-order valence-electron chi connectivity index (χ2n) is 12.7. The summed E-state index contributed by atoms with van der Waals surface area (Å²) in [4.78, 5) is 19.9. The summed E-state index contributed by atoms with van der Waals surface area (Å²) in [5.74, 6) is 0.804. The van der Waals surface area contributed by atoms with Crippen molar-refractivity contribution in [2.45, 2.75) is 0 Å². The molecular formula is C46H29N5. The Hall–Kier alpha value is -6.98. The quantitative estimate of drug-likeness (QED) is 0.174. The minimum Gasteiger partial charge on any atom is -0.278 e. The summed E-state index contributed by atoms with van der Waals surface area (Å²) in [6.45, 7) is 0. The van der Waals surface area contributed by atoms with Gasteiger partial charge in [-0.25, -0.2) is 15.0 Å². The van der Waals surface area contributed by atoms with E-state index in [0.717, 1.165) is 72.7 Å². The summed E-state index contributed by atoms with van der Waals surface area (Å²) in [7, 11) is 0. The summed E-state index contributed by atoms with van der Waals surface area (Å²) < 4.78 is 2.13. The molecule has 10 aromatic rings. The van der Waals surface area contributed by atoms with Crippen LogP contribution in [0.1, 0.15) is 0 Å². The lowest BCUT2D eigenvalue weighted by Gasteiger charge is -2.14. The number of nitrogens with zero attached hydrogens (tertiary/aromatic N) is 5. The van der Waals surface area contributed by atoms with Gasteiger partial charge in [0.2, 0.25) is 0 Å². The lowest BCUT2D eigenvalue weighted by molar-refractivity contribution is 1.06. The number of hydrogen-bond acceptors (Lipinski definition) is 4. The Labute approximate surface area is 294 Å². The van der Waals surface area contributed by atoms with Gasteiger partial charge in [-0.05, 0) is 92.8 Å². The number of hydrogen-bond donors (Lipinski definition) is 0. The number of rotatable bonds is 5. The smallest absolute Gasteiger partial charge is 0.146 e. The molecule has 5 heteroatoms.